The molecule has 1 aromatic heterocycles. The summed E-state index contributed by atoms with van der Waals surface area (Å²) >= 11 is 0. The average Bonchev–Trinajstić information content (AvgIpc) is 2.74. The molecule has 23 heavy (non-hydrogen) atoms. The second kappa shape index (κ2) is 6.13. The van der Waals surface area contributed by atoms with Gasteiger partial charge in [0, 0.05) is 26.2 Å². The summed E-state index contributed by atoms with van der Waals surface area (Å²) in [5, 5.41) is 0. The lowest BCUT2D eigenvalue weighted by molar-refractivity contribution is 0.335. The zero-order chi connectivity index (χ0) is 16.6. The van der Waals surface area contributed by atoms with Gasteiger partial charge in [-0.3, -0.25) is 4.57 Å². The van der Waals surface area contributed by atoms with E-state index in [0.29, 0.717) is 11.1 Å². The van der Waals surface area contributed by atoms with Gasteiger partial charge in [-0.1, -0.05) is 25.7 Å². The Bertz CT molecular complexity index is 858. The van der Waals surface area contributed by atoms with E-state index in [1.54, 1.807) is 26.2 Å². The first-order chi connectivity index (χ1) is 10.9. The Labute approximate surface area is 135 Å². The van der Waals surface area contributed by atoms with Gasteiger partial charge in [-0.2, -0.15) is 4.31 Å². The standard InChI is InChI=1S/C16H22N2O4S/c1-17-14-10-9-13(11-15(14)22-16(17)19)23(20,21)18(2)12-7-5-3-4-6-8-12/h9-12H,3-8H2,1-2H3. The quantitative estimate of drug-likeness (QED) is 0.806. The molecule has 1 fully saturated rings. The van der Waals surface area contributed by atoms with Gasteiger partial charge in [-0.15, -0.1) is 0 Å². The van der Waals surface area contributed by atoms with Crippen molar-refractivity contribution in [3.63, 3.8) is 0 Å². The van der Waals surface area contributed by atoms with E-state index in [9.17, 15) is 13.2 Å². The highest BCUT2D eigenvalue weighted by Crippen LogP contribution is 2.27. The van der Waals surface area contributed by atoms with E-state index in [-0.39, 0.29) is 10.9 Å². The molecule has 1 aliphatic rings. The van der Waals surface area contributed by atoms with Crippen molar-refractivity contribution >= 4 is 21.1 Å². The molecule has 1 saturated carbocycles. The summed E-state index contributed by atoms with van der Waals surface area (Å²) in [6, 6.07) is 4.65. The molecular formula is C16H22N2O4S. The maximum absolute atomic E-state index is 12.9. The van der Waals surface area contributed by atoms with Gasteiger partial charge in [0.2, 0.25) is 10.0 Å². The molecule has 3 rings (SSSR count). The lowest BCUT2D eigenvalue weighted by atomic mass is 10.1. The summed E-state index contributed by atoms with van der Waals surface area (Å²) in [5.74, 6) is -0.494. The molecule has 0 amide bonds. The lowest BCUT2D eigenvalue weighted by Crippen LogP contribution is -2.36. The molecule has 126 valence electrons. The minimum Gasteiger partial charge on any atom is -0.408 e. The molecule has 6 nitrogen and oxygen atoms in total. The van der Waals surface area contributed by atoms with Crippen LogP contribution in [0, 0.1) is 0 Å². The number of fused-ring (bicyclic) bond motifs is 1. The van der Waals surface area contributed by atoms with Gasteiger partial charge in [0.1, 0.15) is 0 Å². The molecule has 7 heteroatoms. The highest BCUT2D eigenvalue weighted by molar-refractivity contribution is 7.89. The third-order valence-corrected chi connectivity index (χ3v) is 6.69. The Morgan fingerprint density at radius 3 is 2.48 bits per heavy atom. The SMILES string of the molecule is CN(C1CCCCCC1)S(=O)(=O)c1ccc2c(c1)oc(=O)n2C. The van der Waals surface area contributed by atoms with E-state index in [1.807, 2.05) is 0 Å². The molecule has 0 bridgehead atoms. The van der Waals surface area contributed by atoms with Crippen LogP contribution in [-0.2, 0) is 17.1 Å². The Hall–Kier alpha value is -1.60. The number of nitrogens with zero attached hydrogens (tertiary/aromatic N) is 2. The third kappa shape index (κ3) is 2.95. The Morgan fingerprint density at radius 1 is 1.17 bits per heavy atom. The predicted octanol–water partition coefficient (Wildman–Crippen LogP) is 2.47. The van der Waals surface area contributed by atoms with Crippen molar-refractivity contribution in [2.24, 2.45) is 7.05 Å². The van der Waals surface area contributed by atoms with Crippen LogP contribution in [0.5, 0.6) is 0 Å². The monoisotopic (exact) mass is 338 g/mol. The second-order valence-corrected chi connectivity index (χ2v) is 8.22. The zero-order valence-corrected chi connectivity index (χ0v) is 14.3. The van der Waals surface area contributed by atoms with E-state index in [2.05, 4.69) is 0 Å². The molecule has 2 aromatic rings. The van der Waals surface area contributed by atoms with E-state index < -0.39 is 15.8 Å². The Kier molecular flexibility index (Phi) is 4.33. The van der Waals surface area contributed by atoms with Crippen LogP contribution in [0.15, 0.2) is 32.3 Å². The van der Waals surface area contributed by atoms with E-state index in [1.165, 1.54) is 27.8 Å². The maximum atomic E-state index is 12.9. The van der Waals surface area contributed by atoms with Crippen LogP contribution < -0.4 is 5.76 Å². The van der Waals surface area contributed by atoms with Crippen molar-refractivity contribution < 1.29 is 12.8 Å². The summed E-state index contributed by atoms with van der Waals surface area (Å²) in [6.07, 6.45) is 6.28. The number of sulfonamides is 1. The topological polar surface area (TPSA) is 72.5 Å². The first-order valence-electron chi connectivity index (χ1n) is 7.99. The zero-order valence-electron chi connectivity index (χ0n) is 13.5. The number of aryl methyl sites for hydroxylation is 1. The molecule has 0 aliphatic heterocycles. The number of aromatic nitrogens is 1. The van der Waals surface area contributed by atoms with Gasteiger partial charge in [0.05, 0.1) is 10.4 Å². The molecule has 1 heterocycles. The molecule has 1 aromatic carbocycles. The molecule has 0 unspecified atom stereocenters. The number of benzene rings is 1. The van der Waals surface area contributed by atoms with Crippen LogP contribution >= 0.6 is 0 Å². The van der Waals surface area contributed by atoms with E-state index in [0.717, 1.165) is 25.7 Å². The van der Waals surface area contributed by atoms with Gasteiger partial charge < -0.3 is 4.42 Å². The van der Waals surface area contributed by atoms with Crippen LogP contribution in [0.25, 0.3) is 11.1 Å². The van der Waals surface area contributed by atoms with Gasteiger partial charge in [0.15, 0.2) is 5.58 Å². The molecule has 0 saturated heterocycles. The number of rotatable bonds is 3. The van der Waals surface area contributed by atoms with Crippen LogP contribution in [0.1, 0.15) is 38.5 Å². The predicted molar refractivity (Wildman–Crippen MR) is 87.9 cm³/mol. The third-order valence-electron chi connectivity index (χ3n) is 4.78. The normalized spacial score (nSPS) is 17.7. The first kappa shape index (κ1) is 16.3. The summed E-state index contributed by atoms with van der Waals surface area (Å²) in [5.41, 5.74) is 0.888. The Morgan fingerprint density at radius 2 is 1.83 bits per heavy atom. The molecule has 1 aliphatic carbocycles. The van der Waals surface area contributed by atoms with E-state index in [4.69, 9.17) is 4.42 Å². The molecule has 0 atom stereocenters. The molecule has 0 radical (unpaired) electrons. The fourth-order valence-electron chi connectivity index (χ4n) is 3.26. The van der Waals surface area contributed by atoms with Gasteiger partial charge in [-0.25, -0.2) is 13.2 Å². The second-order valence-electron chi connectivity index (χ2n) is 6.22. The van der Waals surface area contributed by atoms with Crippen molar-refractivity contribution in [3.05, 3.63) is 28.7 Å². The molecular weight excluding hydrogens is 316 g/mol. The number of hydrogen-bond donors (Lipinski definition) is 0. The summed E-state index contributed by atoms with van der Waals surface area (Å²) in [4.78, 5) is 11.7. The van der Waals surface area contributed by atoms with Crippen LogP contribution in [0.2, 0.25) is 0 Å². The highest BCUT2D eigenvalue weighted by atomic mass is 32.2. The largest absolute Gasteiger partial charge is 0.419 e. The molecule has 0 spiro atoms. The highest BCUT2D eigenvalue weighted by Gasteiger charge is 2.29. The van der Waals surface area contributed by atoms with Crippen molar-refractivity contribution in [2.75, 3.05) is 7.05 Å². The number of oxazole rings is 1. The Balaban J connectivity index is 1.96. The van der Waals surface area contributed by atoms with Crippen LogP contribution in [0.3, 0.4) is 0 Å². The molecule has 0 N–H and O–H groups in total. The van der Waals surface area contributed by atoms with Gasteiger partial charge >= 0.3 is 5.76 Å². The lowest BCUT2D eigenvalue weighted by Gasteiger charge is -2.26. The smallest absolute Gasteiger partial charge is 0.408 e. The van der Waals surface area contributed by atoms with Crippen molar-refractivity contribution in [2.45, 2.75) is 49.5 Å². The van der Waals surface area contributed by atoms with Crippen LogP contribution in [-0.4, -0.2) is 30.4 Å². The summed E-state index contributed by atoms with van der Waals surface area (Å²) < 4.78 is 33.7. The fourth-order valence-corrected chi connectivity index (χ4v) is 4.69. The van der Waals surface area contributed by atoms with Gasteiger partial charge in [0.25, 0.3) is 0 Å². The maximum Gasteiger partial charge on any atom is 0.419 e. The van der Waals surface area contributed by atoms with Crippen molar-refractivity contribution in [3.8, 4) is 0 Å². The minimum absolute atomic E-state index is 0.0426. The average molecular weight is 338 g/mol. The van der Waals surface area contributed by atoms with Crippen molar-refractivity contribution in [1.29, 1.82) is 0 Å². The minimum atomic E-state index is -3.59. The van der Waals surface area contributed by atoms with E-state index >= 15 is 0 Å². The number of hydrogen-bond acceptors (Lipinski definition) is 4. The summed E-state index contributed by atoms with van der Waals surface area (Å²) in [6.45, 7) is 0. The van der Waals surface area contributed by atoms with Crippen LogP contribution in [0.4, 0.5) is 0 Å². The van der Waals surface area contributed by atoms with Crippen molar-refractivity contribution in [1.82, 2.24) is 8.87 Å². The fraction of sp³-hybridized carbons (Fsp3) is 0.562. The summed E-state index contributed by atoms with van der Waals surface area (Å²) in [7, 11) is -0.341. The van der Waals surface area contributed by atoms with Gasteiger partial charge in [-0.05, 0) is 25.0 Å². The first-order valence-corrected chi connectivity index (χ1v) is 9.43.